The fourth-order valence-electron chi connectivity index (χ4n) is 3.42. The molecule has 1 aromatic rings. The Balaban J connectivity index is 2.04. The van der Waals surface area contributed by atoms with E-state index in [0.717, 1.165) is 13.0 Å². The highest BCUT2D eigenvalue weighted by Crippen LogP contribution is 2.32. The van der Waals surface area contributed by atoms with E-state index in [2.05, 4.69) is 43.2 Å². The normalized spacial score (nSPS) is 17.2. The van der Waals surface area contributed by atoms with Crippen molar-refractivity contribution in [2.24, 2.45) is 5.41 Å². The first-order valence-corrected chi connectivity index (χ1v) is 7.91. The Morgan fingerprint density at radius 1 is 1.32 bits per heavy atom. The SMILES string of the molecule is CCC(CC)(CNC)Cc1ccn(C2CCCC2)n1. The minimum atomic E-state index is 0.365. The molecular weight excluding hydrogens is 234 g/mol. The van der Waals surface area contributed by atoms with E-state index in [4.69, 9.17) is 5.10 Å². The van der Waals surface area contributed by atoms with E-state index in [1.165, 1.54) is 44.2 Å². The van der Waals surface area contributed by atoms with Crippen LogP contribution in [0.3, 0.4) is 0 Å². The van der Waals surface area contributed by atoms with Gasteiger partial charge in [0.2, 0.25) is 0 Å². The van der Waals surface area contributed by atoms with Crippen LogP contribution in [0, 0.1) is 5.41 Å². The zero-order chi connectivity index (χ0) is 13.7. The molecule has 1 fully saturated rings. The third-order valence-electron chi connectivity index (χ3n) is 4.97. The zero-order valence-electron chi connectivity index (χ0n) is 12.8. The van der Waals surface area contributed by atoms with Gasteiger partial charge in [0.05, 0.1) is 11.7 Å². The lowest BCUT2D eigenvalue weighted by Crippen LogP contribution is -2.33. The Hall–Kier alpha value is -0.830. The Bertz CT molecular complexity index is 373. The van der Waals surface area contributed by atoms with Crippen LogP contribution in [0.5, 0.6) is 0 Å². The van der Waals surface area contributed by atoms with E-state index in [-0.39, 0.29) is 0 Å². The van der Waals surface area contributed by atoms with Crippen molar-refractivity contribution in [3.05, 3.63) is 18.0 Å². The molecule has 1 heterocycles. The topological polar surface area (TPSA) is 29.9 Å². The Labute approximate surface area is 117 Å². The first-order chi connectivity index (χ1) is 9.23. The Morgan fingerprint density at radius 3 is 2.58 bits per heavy atom. The van der Waals surface area contributed by atoms with Crippen molar-refractivity contribution >= 4 is 0 Å². The van der Waals surface area contributed by atoms with Gasteiger partial charge in [0.15, 0.2) is 0 Å². The lowest BCUT2D eigenvalue weighted by atomic mass is 9.78. The summed E-state index contributed by atoms with van der Waals surface area (Å²) in [6, 6.07) is 2.89. The smallest absolute Gasteiger partial charge is 0.0630 e. The molecule has 2 rings (SSSR count). The molecule has 0 spiro atoms. The monoisotopic (exact) mass is 263 g/mol. The molecule has 0 radical (unpaired) electrons. The summed E-state index contributed by atoms with van der Waals surface area (Å²) >= 11 is 0. The van der Waals surface area contributed by atoms with Gasteiger partial charge in [-0.2, -0.15) is 5.10 Å². The van der Waals surface area contributed by atoms with Crippen molar-refractivity contribution in [2.45, 2.75) is 64.8 Å². The molecule has 0 bridgehead atoms. The molecule has 0 amide bonds. The summed E-state index contributed by atoms with van der Waals surface area (Å²) < 4.78 is 2.22. The van der Waals surface area contributed by atoms with Crippen molar-refractivity contribution in [1.82, 2.24) is 15.1 Å². The minimum Gasteiger partial charge on any atom is -0.319 e. The van der Waals surface area contributed by atoms with Crippen LogP contribution in [0.15, 0.2) is 12.3 Å². The molecule has 0 unspecified atom stereocenters. The molecule has 108 valence electrons. The number of nitrogens with zero attached hydrogens (tertiary/aromatic N) is 2. The van der Waals surface area contributed by atoms with Crippen molar-refractivity contribution < 1.29 is 0 Å². The molecule has 1 aliphatic carbocycles. The molecule has 1 aromatic heterocycles. The molecule has 3 heteroatoms. The fraction of sp³-hybridized carbons (Fsp3) is 0.812. The van der Waals surface area contributed by atoms with Crippen LogP contribution in [-0.4, -0.2) is 23.4 Å². The molecule has 1 saturated carbocycles. The van der Waals surface area contributed by atoms with Gasteiger partial charge in [0.25, 0.3) is 0 Å². The van der Waals surface area contributed by atoms with Crippen LogP contribution in [0.1, 0.15) is 64.1 Å². The highest BCUT2D eigenvalue weighted by Gasteiger charge is 2.27. The first kappa shape index (κ1) is 14.6. The molecule has 0 aromatic carbocycles. The number of nitrogens with one attached hydrogen (secondary N) is 1. The average Bonchev–Trinajstić information content (AvgIpc) is 3.08. The van der Waals surface area contributed by atoms with E-state index in [1.54, 1.807) is 0 Å². The van der Waals surface area contributed by atoms with Crippen molar-refractivity contribution in [3.63, 3.8) is 0 Å². The minimum absolute atomic E-state index is 0.365. The van der Waals surface area contributed by atoms with Gasteiger partial charge in [0, 0.05) is 12.7 Å². The molecule has 1 aliphatic rings. The van der Waals surface area contributed by atoms with Crippen LogP contribution in [0.4, 0.5) is 0 Å². The third kappa shape index (κ3) is 3.38. The molecule has 1 N–H and O–H groups in total. The van der Waals surface area contributed by atoms with Crippen LogP contribution in [-0.2, 0) is 6.42 Å². The maximum atomic E-state index is 4.84. The number of rotatable bonds is 7. The second-order valence-electron chi connectivity index (χ2n) is 6.14. The van der Waals surface area contributed by atoms with Crippen molar-refractivity contribution in [2.75, 3.05) is 13.6 Å². The van der Waals surface area contributed by atoms with Gasteiger partial charge in [-0.05, 0) is 50.6 Å². The molecule has 0 aliphatic heterocycles. The fourth-order valence-corrected chi connectivity index (χ4v) is 3.42. The number of hydrogen-bond donors (Lipinski definition) is 1. The standard InChI is InChI=1S/C16H29N3/c1-4-16(5-2,13-17-3)12-14-10-11-19(18-14)15-8-6-7-9-15/h10-11,15,17H,4-9,12-13H2,1-3H3. The molecular formula is C16H29N3. The van der Waals surface area contributed by atoms with Crippen molar-refractivity contribution in [3.8, 4) is 0 Å². The van der Waals surface area contributed by atoms with Gasteiger partial charge in [-0.25, -0.2) is 0 Å². The van der Waals surface area contributed by atoms with E-state index in [1.807, 2.05) is 0 Å². The summed E-state index contributed by atoms with van der Waals surface area (Å²) in [6.45, 7) is 5.68. The predicted octanol–water partition coefficient (Wildman–Crippen LogP) is 3.57. The van der Waals surface area contributed by atoms with Gasteiger partial charge < -0.3 is 5.32 Å². The summed E-state index contributed by atoms with van der Waals surface area (Å²) in [7, 11) is 2.05. The Morgan fingerprint density at radius 2 is 2.00 bits per heavy atom. The molecule has 3 nitrogen and oxygen atoms in total. The highest BCUT2D eigenvalue weighted by molar-refractivity contribution is 5.04. The van der Waals surface area contributed by atoms with Crippen LogP contribution < -0.4 is 5.32 Å². The van der Waals surface area contributed by atoms with Gasteiger partial charge in [-0.15, -0.1) is 0 Å². The summed E-state index contributed by atoms with van der Waals surface area (Å²) in [6.07, 6.45) is 11.1. The van der Waals surface area contributed by atoms with E-state index in [9.17, 15) is 0 Å². The second-order valence-corrected chi connectivity index (χ2v) is 6.14. The lowest BCUT2D eigenvalue weighted by molar-refractivity contribution is 0.249. The lowest BCUT2D eigenvalue weighted by Gasteiger charge is -2.30. The summed E-state index contributed by atoms with van der Waals surface area (Å²) in [4.78, 5) is 0. The second kappa shape index (κ2) is 6.56. The molecule has 0 saturated heterocycles. The molecule has 19 heavy (non-hydrogen) atoms. The zero-order valence-corrected chi connectivity index (χ0v) is 12.8. The van der Waals surface area contributed by atoms with Gasteiger partial charge in [-0.1, -0.05) is 26.7 Å². The maximum absolute atomic E-state index is 4.84. The van der Waals surface area contributed by atoms with E-state index >= 15 is 0 Å². The van der Waals surface area contributed by atoms with Crippen molar-refractivity contribution in [1.29, 1.82) is 0 Å². The first-order valence-electron chi connectivity index (χ1n) is 7.91. The largest absolute Gasteiger partial charge is 0.319 e. The number of aromatic nitrogens is 2. The average molecular weight is 263 g/mol. The van der Waals surface area contributed by atoms with Crippen LogP contribution in [0.2, 0.25) is 0 Å². The van der Waals surface area contributed by atoms with Gasteiger partial charge in [0.1, 0.15) is 0 Å². The summed E-state index contributed by atoms with van der Waals surface area (Å²) in [5, 5.41) is 8.20. The maximum Gasteiger partial charge on any atom is 0.0630 e. The summed E-state index contributed by atoms with van der Waals surface area (Å²) in [5.41, 5.74) is 1.63. The Kier molecular flexibility index (Phi) is 5.03. The van der Waals surface area contributed by atoms with Gasteiger partial charge in [-0.3, -0.25) is 4.68 Å². The predicted molar refractivity (Wildman–Crippen MR) is 80.4 cm³/mol. The van der Waals surface area contributed by atoms with Crippen LogP contribution >= 0.6 is 0 Å². The van der Waals surface area contributed by atoms with E-state index < -0.39 is 0 Å². The van der Waals surface area contributed by atoms with E-state index in [0.29, 0.717) is 11.5 Å². The van der Waals surface area contributed by atoms with Gasteiger partial charge >= 0.3 is 0 Å². The third-order valence-corrected chi connectivity index (χ3v) is 4.97. The quantitative estimate of drug-likeness (QED) is 0.815. The summed E-state index contributed by atoms with van der Waals surface area (Å²) in [5.74, 6) is 0. The molecule has 0 atom stereocenters. The number of hydrogen-bond acceptors (Lipinski definition) is 2. The van der Waals surface area contributed by atoms with Crippen LogP contribution in [0.25, 0.3) is 0 Å². The highest BCUT2D eigenvalue weighted by atomic mass is 15.3.